The average molecular weight is 249 g/mol. The predicted molar refractivity (Wildman–Crippen MR) is 66.9 cm³/mol. The molecule has 1 aliphatic carbocycles. The summed E-state index contributed by atoms with van der Waals surface area (Å²) in [5.74, 6) is -0.719. The smallest absolute Gasteiger partial charge is 0.267 e. The van der Waals surface area contributed by atoms with Gasteiger partial charge in [0.1, 0.15) is 5.82 Å². The molecule has 1 aromatic carbocycles. The Morgan fingerprint density at radius 3 is 2.78 bits per heavy atom. The van der Waals surface area contributed by atoms with Crippen molar-refractivity contribution in [2.24, 2.45) is 0 Å². The van der Waals surface area contributed by atoms with E-state index in [1.54, 1.807) is 18.2 Å². The molecule has 1 amide bonds. The molecule has 0 atom stereocenters. The molecule has 0 spiro atoms. The number of amides is 1. The third-order valence-corrected chi connectivity index (χ3v) is 2.95. The van der Waals surface area contributed by atoms with Gasteiger partial charge in [0.15, 0.2) is 0 Å². The molecule has 4 heteroatoms. The molecular weight excluding hydrogens is 233 g/mol. The Labute approximate surface area is 106 Å². The third-order valence-electron chi connectivity index (χ3n) is 2.95. The number of rotatable bonds is 4. The van der Waals surface area contributed by atoms with Gasteiger partial charge in [0, 0.05) is 11.6 Å². The number of hydrogen-bond acceptors (Lipinski definition) is 2. The minimum Gasteiger partial charge on any atom is -0.270 e. The molecular formula is C14H16FNO2. The van der Waals surface area contributed by atoms with Crippen molar-refractivity contribution in [3.63, 3.8) is 0 Å². The van der Waals surface area contributed by atoms with Crippen LogP contribution in [0.15, 0.2) is 30.3 Å². The minimum atomic E-state index is -0.370. The summed E-state index contributed by atoms with van der Waals surface area (Å²) in [6.07, 6.45) is 7.08. The molecule has 0 heterocycles. The summed E-state index contributed by atoms with van der Waals surface area (Å²) in [4.78, 5) is 16.7. The highest BCUT2D eigenvalue weighted by molar-refractivity contribution is 5.90. The first-order valence-corrected chi connectivity index (χ1v) is 6.14. The second-order valence-corrected chi connectivity index (χ2v) is 4.35. The van der Waals surface area contributed by atoms with E-state index in [1.807, 2.05) is 0 Å². The van der Waals surface area contributed by atoms with Crippen LogP contribution in [0, 0.1) is 5.82 Å². The molecule has 96 valence electrons. The van der Waals surface area contributed by atoms with Crippen molar-refractivity contribution in [2.45, 2.75) is 31.8 Å². The second-order valence-electron chi connectivity index (χ2n) is 4.35. The standard InChI is InChI=1S/C14H16FNO2/c15-13-8-4-1-5-11(13)9-10-14(17)16-18-12-6-2-3-7-12/h1,4-5,8-10,12H,2-3,6-7H2,(H,16,17)/b10-9+. The summed E-state index contributed by atoms with van der Waals surface area (Å²) in [5, 5.41) is 0. The highest BCUT2D eigenvalue weighted by atomic mass is 19.1. The molecule has 0 radical (unpaired) electrons. The van der Waals surface area contributed by atoms with Crippen LogP contribution in [0.25, 0.3) is 6.08 Å². The summed E-state index contributed by atoms with van der Waals surface area (Å²) >= 11 is 0. The number of carbonyl (C=O) groups is 1. The van der Waals surface area contributed by atoms with Crippen LogP contribution < -0.4 is 5.48 Å². The zero-order valence-corrected chi connectivity index (χ0v) is 10.1. The van der Waals surface area contributed by atoms with E-state index in [9.17, 15) is 9.18 Å². The molecule has 3 nitrogen and oxygen atoms in total. The minimum absolute atomic E-state index is 0.121. The Kier molecular flexibility index (Phi) is 4.47. The fourth-order valence-corrected chi connectivity index (χ4v) is 1.96. The van der Waals surface area contributed by atoms with E-state index < -0.39 is 0 Å². The normalized spacial score (nSPS) is 16.3. The van der Waals surface area contributed by atoms with Gasteiger partial charge >= 0.3 is 0 Å². The lowest BCUT2D eigenvalue weighted by Gasteiger charge is -2.09. The van der Waals surface area contributed by atoms with Gasteiger partial charge in [-0.25, -0.2) is 9.87 Å². The van der Waals surface area contributed by atoms with Crippen molar-refractivity contribution in [3.8, 4) is 0 Å². The van der Waals surface area contributed by atoms with Gasteiger partial charge in [0.25, 0.3) is 5.91 Å². The summed E-state index contributed by atoms with van der Waals surface area (Å²) in [6, 6.07) is 6.29. The van der Waals surface area contributed by atoms with E-state index >= 15 is 0 Å². The molecule has 0 saturated heterocycles. The Bertz CT molecular complexity index is 439. The van der Waals surface area contributed by atoms with E-state index in [4.69, 9.17) is 4.84 Å². The van der Waals surface area contributed by atoms with Crippen LogP contribution in [-0.4, -0.2) is 12.0 Å². The number of carbonyl (C=O) groups excluding carboxylic acids is 1. The summed E-state index contributed by atoms with van der Waals surface area (Å²) in [6.45, 7) is 0. The third kappa shape index (κ3) is 3.67. The van der Waals surface area contributed by atoms with E-state index in [2.05, 4.69) is 5.48 Å². The van der Waals surface area contributed by atoms with Gasteiger partial charge in [0.2, 0.25) is 0 Å². The topological polar surface area (TPSA) is 38.3 Å². The summed E-state index contributed by atoms with van der Waals surface area (Å²) in [5.41, 5.74) is 2.75. The molecule has 18 heavy (non-hydrogen) atoms. The lowest BCUT2D eigenvalue weighted by molar-refractivity contribution is -0.132. The molecule has 2 rings (SSSR count). The first kappa shape index (κ1) is 12.8. The lowest BCUT2D eigenvalue weighted by Crippen LogP contribution is -2.26. The highest BCUT2D eigenvalue weighted by Crippen LogP contribution is 2.19. The molecule has 1 saturated carbocycles. The average Bonchev–Trinajstić information content (AvgIpc) is 2.88. The van der Waals surface area contributed by atoms with E-state index in [0.717, 1.165) is 25.7 Å². The molecule has 0 aliphatic heterocycles. The Hall–Kier alpha value is -1.68. The molecule has 1 fully saturated rings. The number of hydroxylamine groups is 1. The van der Waals surface area contributed by atoms with Gasteiger partial charge < -0.3 is 0 Å². The molecule has 1 aliphatic rings. The van der Waals surface area contributed by atoms with Crippen LogP contribution in [0.1, 0.15) is 31.2 Å². The number of hydrogen-bond donors (Lipinski definition) is 1. The van der Waals surface area contributed by atoms with E-state index in [1.165, 1.54) is 18.2 Å². The van der Waals surface area contributed by atoms with Crippen LogP contribution in [0.2, 0.25) is 0 Å². The fraction of sp³-hybridized carbons (Fsp3) is 0.357. The Balaban J connectivity index is 1.81. The van der Waals surface area contributed by atoms with Gasteiger partial charge in [-0.05, 0) is 25.0 Å². The quantitative estimate of drug-likeness (QED) is 0.658. The predicted octanol–water partition coefficient (Wildman–Crippen LogP) is 2.83. The van der Waals surface area contributed by atoms with Gasteiger partial charge in [-0.1, -0.05) is 31.0 Å². The van der Waals surface area contributed by atoms with Gasteiger partial charge in [-0.15, -0.1) is 0 Å². The van der Waals surface area contributed by atoms with Crippen molar-refractivity contribution in [3.05, 3.63) is 41.7 Å². The fourth-order valence-electron chi connectivity index (χ4n) is 1.96. The first-order valence-electron chi connectivity index (χ1n) is 6.14. The maximum absolute atomic E-state index is 13.3. The lowest BCUT2D eigenvalue weighted by atomic mass is 10.2. The van der Waals surface area contributed by atoms with Crippen LogP contribution in [0.4, 0.5) is 4.39 Å². The van der Waals surface area contributed by atoms with E-state index in [0.29, 0.717) is 5.56 Å². The summed E-state index contributed by atoms with van der Waals surface area (Å²) in [7, 11) is 0. The second kappa shape index (κ2) is 6.31. The van der Waals surface area contributed by atoms with E-state index in [-0.39, 0.29) is 17.8 Å². The van der Waals surface area contributed by atoms with Gasteiger partial charge in [0.05, 0.1) is 6.10 Å². The maximum atomic E-state index is 13.3. The summed E-state index contributed by atoms with van der Waals surface area (Å²) < 4.78 is 13.3. The molecule has 1 aromatic rings. The van der Waals surface area contributed by atoms with Gasteiger partial charge in [-0.2, -0.15) is 0 Å². The van der Waals surface area contributed by atoms with Crippen LogP contribution in [0.3, 0.4) is 0 Å². The SMILES string of the molecule is O=C(/C=C/c1ccccc1F)NOC1CCCC1. The number of nitrogens with one attached hydrogen (secondary N) is 1. The number of halogens is 1. The zero-order chi connectivity index (χ0) is 12.8. The maximum Gasteiger partial charge on any atom is 0.267 e. The van der Waals surface area contributed by atoms with Crippen molar-refractivity contribution in [2.75, 3.05) is 0 Å². The van der Waals surface area contributed by atoms with Crippen LogP contribution >= 0.6 is 0 Å². The van der Waals surface area contributed by atoms with Gasteiger partial charge in [-0.3, -0.25) is 9.63 Å². The number of benzene rings is 1. The first-order chi connectivity index (χ1) is 8.75. The Morgan fingerprint density at radius 1 is 1.33 bits per heavy atom. The van der Waals surface area contributed by atoms with Crippen molar-refractivity contribution in [1.29, 1.82) is 0 Å². The highest BCUT2D eigenvalue weighted by Gasteiger charge is 2.16. The van der Waals surface area contributed by atoms with Crippen molar-refractivity contribution >= 4 is 12.0 Å². The van der Waals surface area contributed by atoms with Crippen LogP contribution in [0.5, 0.6) is 0 Å². The largest absolute Gasteiger partial charge is 0.270 e. The molecule has 0 aromatic heterocycles. The van der Waals surface area contributed by atoms with Crippen LogP contribution in [-0.2, 0) is 9.63 Å². The van der Waals surface area contributed by atoms with Crippen molar-refractivity contribution in [1.82, 2.24) is 5.48 Å². The zero-order valence-electron chi connectivity index (χ0n) is 10.1. The monoisotopic (exact) mass is 249 g/mol. The molecule has 1 N–H and O–H groups in total. The van der Waals surface area contributed by atoms with Crippen molar-refractivity contribution < 1.29 is 14.0 Å². The molecule has 0 unspecified atom stereocenters. The Morgan fingerprint density at radius 2 is 2.06 bits per heavy atom. The molecule has 0 bridgehead atoms.